The van der Waals surface area contributed by atoms with Gasteiger partial charge < -0.3 is 16.0 Å². The van der Waals surface area contributed by atoms with E-state index in [0.717, 1.165) is 11.3 Å². The van der Waals surface area contributed by atoms with Crippen molar-refractivity contribution in [2.75, 3.05) is 18.8 Å². The summed E-state index contributed by atoms with van der Waals surface area (Å²) in [7, 11) is 0. The molecule has 2 atom stereocenters. The number of likely N-dealkylation sites (tertiary alicyclic amines) is 1. The summed E-state index contributed by atoms with van der Waals surface area (Å²) < 4.78 is 0. The molecule has 0 radical (unpaired) electrons. The van der Waals surface area contributed by atoms with Gasteiger partial charge >= 0.3 is 0 Å². The van der Waals surface area contributed by atoms with Crippen LogP contribution in [0.2, 0.25) is 5.02 Å². The van der Waals surface area contributed by atoms with E-state index in [1.165, 1.54) is 18.7 Å². The second-order valence-corrected chi connectivity index (χ2v) is 7.57. The first-order valence-electron chi connectivity index (χ1n) is 8.10. The molecule has 1 aliphatic heterocycles. The first-order valence-corrected chi connectivity index (χ1v) is 9.46. The van der Waals surface area contributed by atoms with Crippen LogP contribution < -0.4 is 11.1 Å². The Morgan fingerprint density at radius 2 is 2.04 bits per heavy atom. The maximum atomic E-state index is 12.8. The molecule has 2 rings (SSSR count). The van der Waals surface area contributed by atoms with Crippen LogP contribution in [0.5, 0.6) is 0 Å². The molecule has 3 N–H and O–H groups in total. The number of thioether (sulfide) groups is 1. The Morgan fingerprint density at radius 1 is 1.36 bits per heavy atom. The van der Waals surface area contributed by atoms with E-state index >= 15 is 0 Å². The molecule has 136 valence electrons. The molecule has 8 heteroatoms. The maximum absolute atomic E-state index is 12.8. The molecule has 0 aliphatic carbocycles. The van der Waals surface area contributed by atoms with Crippen LogP contribution in [0.3, 0.4) is 0 Å². The highest BCUT2D eigenvalue weighted by Gasteiger charge is 2.31. The minimum Gasteiger partial charge on any atom is -0.369 e. The van der Waals surface area contributed by atoms with Gasteiger partial charge in [-0.05, 0) is 37.1 Å². The molecule has 1 aromatic carbocycles. The summed E-state index contributed by atoms with van der Waals surface area (Å²) in [6.07, 6.45) is 1.43. The highest BCUT2D eigenvalue weighted by atomic mass is 35.5. The molecule has 25 heavy (non-hydrogen) atoms. The number of nitrogens with one attached hydrogen (secondary N) is 1. The van der Waals surface area contributed by atoms with Crippen LogP contribution in [0, 0.1) is 5.92 Å². The van der Waals surface area contributed by atoms with Gasteiger partial charge in [-0.25, -0.2) is 0 Å². The highest BCUT2D eigenvalue weighted by molar-refractivity contribution is 7.99. The highest BCUT2D eigenvalue weighted by Crippen LogP contribution is 2.23. The maximum Gasteiger partial charge on any atom is 0.246 e. The van der Waals surface area contributed by atoms with Crippen molar-refractivity contribution in [2.45, 2.75) is 30.7 Å². The van der Waals surface area contributed by atoms with Gasteiger partial charge in [0.2, 0.25) is 17.7 Å². The lowest BCUT2D eigenvalue weighted by Gasteiger charge is -2.33. The van der Waals surface area contributed by atoms with Gasteiger partial charge in [0.1, 0.15) is 6.04 Å². The Hall–Kier alpha value is -1.73. The monoisotopic (exact) mass is 383 g/mol. The van der Waals surface area contributed by atoms with E-state index in [1.54, 1.807) is 17.0 Å². The standard InChI is InChI=1S/C17H22ClN3O3S/c1-11(22)20-15(10-25-14-6-4-13(18)5-7-14)17(24)21-8-2-3-12(9-21)16(19)23/h4-7,12,15H,2-3,8-10H2,1H3,(H2,19,23)(H,20,22). The molecule has 0 spiro atoms. The van der Waals surface area contributed by atoms with Crippen LogP contribution in [0.1, 0.15) is 19.8 Å². The van der Waals surface area contributed by atoms with Crippen molar-refractivity contribution in [3.05, 3.63) is 29.3 Å². The van der Waals surface area contributed by atoms with Crippen LogP contribution in [0.25, 0.3) is 0 Å². The minimum atomic E-state index is -0.648. The third-order valence-electron chi connectivity index (χ3n) is 4.04. The van der Waals surface area contributed by atoms with Gasteiger partial charge in [0, 0.05) is 35.7 Å². The average Bonchev–Trinajstić information content (AvgIpc) is 2.59. The lowest BCUT2D eigenvalue weighted by molar-refractivity contribution is -0.138. The number of carbonyl (C=O) groups is 3. The molecule has 0 bridgehead atoms. The SMILES string of the molecule is CC(=O)NC(CSc1ccc(Cl)cc1)C(=O)N1CCCC(C(N)=O)C1. The molecule has 1 heterocycles. The number of benzene rings is 1. The Bertz CT molecular complexity index is 639. The normalized spacial score (nSPS) is 18.5. The van der Waals surface area contributed by atoms with E-state index in [-0.39, 0.29) is 23.6 Å². The van der Waals surface area contributed by atoms with Crippen LogP contribution in [-0.4, -0.2) is 47.5 Å². The summed E-state index contributed by atoms with van der Waals surface area (Å²) in [5, 5.41) is 3.35. The molecule has 0 saturated carbocycles. The lowest BCUT2D eigenvalue weighted by atomic mass is 9.97. The van der Waals surface area contributed by atoms with E-state index in [2.05, 4.69) is 5.32 Å². The summed E-state index contributed by atoms with van der Waals surface area (Å²) in [6.45, 7) is 2.27. The first-order chi connectivity index (χ1) is 11.9. The summed E-state index contributed by atoms with van der Waals surface area (Å²) in [6, 6.07) is 6.64. The first kappa shape index (κ1) is 19.6. The Labute approximate surface area is 156 Å². The fourth-order valence-electron chi connectivity index (χ4n) is 2.76. The average molecular weight is 384 g/mol. The number of hydrogen-bond donors (Lipinski definition) is 2. The van der Waals surface area contributed by atoms with Gasteiger partial charge in [0.25, 0.3) is 0 Å². The number of amides is 3. The third kappa shape index (κ3) is 5.93. The van der Waals surface area contributed by atoms with Crippen molar-refractivity contribution in [3.8, 4) is 0 Å². The summed E-state index contributed by atoms with van der Waals surface area (Å²) in [5.41, 5.74) is 5.37. The molecule has 1 aromatic rings. The number of nitrogens with zero attached hydrogens (tertiary/aromatic N) is 1. The number of piperidine rings is 1. The van der Waals surface area contributed by atoms with Crippen molar-refractivity contribution in [1.82, 2.24) is 10.2 Å². The molecule has 1 aliphatic rings. The zero-order valence-electron chi connectivity index (χ0n) is 14.0. The van der Waals surface area contributed by atoms with Crippen molar-refractivity contribution >= 4 is 41.1 Å². The summed E-state index contributed by atoms with van der Waals surface area (Å²) in [5.74, 6) is -0.748. The van der Waals surface area contributed by atoms with Crippen LogP contribution in [0.4, 0.5) is 0 Å². The number of carbonyl (C=O) groups excluding carboxylic acids is 3. The van der Waals surface area contributed by atoms with Crippen LogP contribution >= 0.6 is 23.4 Å². The predicted octanol–water partition coefficient (Wildman–Crippen LogP) is 1.66. The fourth-order valence-corrected chi connectivity index (χ4v) is 3.80. The number of hydrogen-bond acceptors (Lipinski definition) is 4. The molecule has 1 fully saturated rings. The van der Waals surface area contributed by atoms with E-state index in [9.17, 15) is 14.4 Å². The van der Waals surface area contributed by atoms with Crippen molar-refractivity contribution < 1.29 is 14.4 Å². The number of nitrogens with two attached hydrogens (primary N) is 1. The minimum absolute atomic E-state index is 0.178. The third-order valence-corrected chi connectivity index (χ3v) is 5.40. The molecule has 1 saturated heterocycles. The van der Waals surface area contributed by atoms with Gasteiger partial charge in [-0.2, -0.15) is 0 Å². The molecular weight excluding hydrogens is 362 g/mol. The topological polar surface area (TPSA) is 92.5 Å². The summed E-state index contributed by atoms with van der Waals surface area (Å²) in [4.78, 5) is 38.3. The van der Waals surface area contributed by atoms with Gasteiger partial charge in [-0.3, -0.25) is 14.4 Å². The molecule has 0 aromatic heterocycles. The molecule has 2 unspecified atom stereocenters. The second-order valence-electron chi connectivity index (χ2n) is 6.04. The predicted molar refractivity (Wildman–Crippen MR) is 98.3 cm³/mol. The van der Waals surface area contributed by atoms with Crippen molar-refractivity contribution in [3.63, 3.8) is 0 Å². The molecular formula is C17H22ClN3O3S. The van der Waals surface area contributed by atoms with Gasteiger partial charge in [0.05, 0.1) is 5.92 Å². The molecule has 6 nitrogen and oxygen atoms in total. The number of rotatable bonds is 6. The fraction of sp³-hybridized carbons (Fsp3) is 0.471. The Kier molecular flexibility index (Phi) is 7.13. The van der Waals surface area contributed by atoms with Crippen molar-refractivity contribution in [2.24, 2.45) is 11.7 Å². The number of halogens is 1. The van der Waals surface area contributed by atoms with Crippen molar-refractivity contribution in [1.29, 1.82) is 0 Å². The van der Waals surface area contributed by atoms with E-state index in [1.807, 2.05) is 12.1 Å². The van der Waals surface area contributed by atoms with Gasteiger partial charge in [-0.1, -0.05) is 11.6 Å². The van der Waals surface area contributed by atoms with Crippen LogP contribution in [0.15, 0.2) is 29.2 Å². The number of primary amides is 1. The molecule has 3 amide bonds. The largest absolute Gasteiger partial charge is 0.369 e. The zero-order chi connectivity index (χ0) is 18.4. The Balaban J connectivity index is 2.02. The van der Waals surface area contributed by atoms with E-state index in [0.29, 0.717) is 30.3 Å². The van der Waals surface area contributed by atoms with E-state index < -0.39 is 6.04 Å². The van der Waals surface area contributed by atoms with Crippen LogP contribution in [-0.2, 0) is 14.4 Å². The lowest BCUT2D eigenvalue weighted by Crippen LogP contribution is -2.53. The smallest absolute Gasteiger partial charge is 0.246 e. The second kappa shape index (κ2) is 9.10. The van der Waals surface area contributed by atoms with Gasteiger partial charge in [-0.15, -0.1) is 11.8 Å². The van der Waals surface area contributed by atoms with Gasteiger partial charge in [0.15, 0.2) is 0 Å². The quantitative estimate of drug-likeness (QED) is 0.730. The summed E-state index contributed by atoms with van der Waals surface area (Å²) >= 11 is 7.34. The zero-order valence-corrected chi connectivity index (χ0v) is 15.6. The Morgan fingerprint density at radius 3 is 2.64 bits per heavy atom. The van der Waals surface area contributed by atoms with E-state index in [4.69, 9.17) is 17.3 Å².